The summed E-state index contributed by atoms with van der Waals surface area (Å²) < 4.78 is 60.8. The molecule has 11 nitrogen and oxygen atoms in total. The Bertz CT molecular complexity index is 1100. The van der Waals surface area contributed by atoms with Crippen molar-refractivity contribution >= 4 is 37.1 Å². The van der Waals surface area contributed by atoms with Crippen LogP contribution in [0, 0.1) is 0 Å². The molecule has 6 atom stereocenters. The minimum atomic E-state index is -4.23. The number of halogens is 2. The zero-order valence-electron chi connectivity index (χ0n) is 18.6. The Kier molecular flexibility index (Phi) is 7.44. The zero-order valence-corrected chi connectivity index (χ0v) is 20.3. The average Bonchev–Trinajstić information content (AvgIpc) is 3.02. The number of rotatable bonds is 6. The second kappa shape index (κ2) is 10.1. The smallest absolute Gasteiger partial charge is 0.456 e. The number of carbonyl (C=O) groups excluding carboxylic acids is 3. The number of carbonyl (C=O) groups is 3. The minimum absolute atomic E-state index is 0.400. The zero-order chi connectivity index (χ0) is 25.4. The number of ether oxygens (including phenoxy) is 3. The van der Waals surface area contributed by atoms with Crippen molar-refractivity contribution in [1.82, 2.24) is 4.90 Å². The maximum atomic E-state index is 15.9. The summed E-state index contributed by atoms with van der Waals surface area (Å²) in [5.41, 5.74) is -1.95. The van der Waals surface area contributed by atoms with Crippen LogP contribution in [0.4, 0.5) is 4.39 Å². The number of benzene rings is 1. The van der Waals surface area contributed by atoms with Gasteiger partial charge in [-0.15, -0.1) is 0 Å². The lowest BCUT2D eigenvalue weighted by Crippen LogP contribution is -2.52. The fraction of sp³-hybridized carbons (Fsp3) is 0.476. The van der Waals surface area contributed by atoms with Gasteiger partial charge in [0.1, 0.15) is 6.10 Å². The predicted molar refractivity (Wildman–Crippen MR) is 115 cm³/mol. The van der Waals surface area contributed by atoms with Crippen molar-refractivity contribution in [2.45, 2.75) is 50.7 Å². The van der Waals surface area contributed by atoms with Crippen molar-refractivity contribution in [3.63, 3.8) is 0 Å². The van der Waals surface area contributed by atoms with Gasteiger partial charge in [-0.05, 0) is 25.1 Å². The van der Waals surface area contributed by atoms with E-state index in [2.05, 4.69) is 0 Å². The Morgan fingerprint density at radius 3 is 2.83 bits per heavy atom. The Labute approximate surface area is 204 Å². The molecule has 1 aromatic carbocycles. The maximum absolute atomic E-state index is 15.9. The highest BCUT2D eigenvalue weighted by molar-refractivity contribution is 7.48. The van der Waals surface area contributed by atoms with Crippen molar-refractivity contribution in [2.24, 2.45) is 0 Å². The van der Waals surface area contributed by atoms with Crippen LogP contribution in [-0.2, 0) is 46.7 Å². The fourth-order valence-electron chi connectivity index (χ4n) is 3.84. The van der Waals surface area contributed by atoms with Crippen LogP contribution in [-0.4, -0.2) is 60.1 Å². The molecule has 4 rings (SSSR count). The molecule has 3 heterocycles. The highest BCUT2D eigenvalue weighted by atomic mass is 35.5. The van der Waals surface area contributed by atoms with Crippen molar-refractivity contribution in [2.75, 3.05) is 13.4 Å². The lowest BCUT2D eigenvalue weighted by Gasteiger charge is -2.33. The van der Waals surface area contributed by atoms with Gasteiger partial charge in [-0.2, -0.15) is 0 Å². The van der Waals surface area contributed by atoms with Crippen LogP contribution in [0.5, 0.6) is 0 Å². The second-order valence-electron chi connectivity index (χ2n) is 8.12. The molecular weight excluding hydrogens is 512 g/mol. The monoisotopic (exact) mass is 533 g/mol. The molecular formula is C21H22ClFNO10P. The first kappa shape index (κ1) is 25.9. The summed E-state index contributed by atoms with van der Waals surface area (Å²) in [5.74, 6) is -1.94. The number of hydrogen-bond donors (Lipinski definition) is 0. The Balaban J connectivity index is 1.50. The third-order valence-electron chi connectivity index (χ3n) is 5.43. The second-order valence-corrected chi connectivity index (χ2v) is 10.2. The number of alkyl halides is 1. The number of phosphoric ester groups is 1. The highest BCUT2D eigenvalue weighted by Gasteiger charge is 2.60. The van der Waals surface area contributed by atoms with E-state index in [0.717, 1.165) is 31.0 Å². The molecule has 0 aliphatic carbocycles. The van der Waals surface area contributed by atoms with E-state index in [9.17, 15) is 18.9 Å². The van der Waals surface area contributed by atoms with E-state index < -0.39 is 75.7 Å². The lowest BCUT2D eigenvalue weighted by molar-refractivity contribution is -0.191. The summed E-state index contributed by atoms with van der Waals surface area (Å²) in [6.07, 6.45) is -3.75. The first-order chi connectivity index (χ1) is 16.5. The van der Waals surface area contributed by atoms with E-state index in [0.29, 0.717) is 10.6 Å². The molecule has 1 aromatic rings. The molecule has 190 valence electrons. The molecule has 0 spiro atoms. The maximum Gasteiger partial charge on any atom is 0.479 e. The fourth-order valence-corrected chi connectivity index (χ4v) is 5.17. The standard InChI is InChI=1S/C21H22ClFNO10P/c1-12(25)32-18-16(33-20(21(18,2)23)24-7-6-15(26)9-17(24)27)10-30-35(28)31-11-29-19(34-35)13-4-3-5-14(22)8-13/h3-8,16,18-20H,9-11H2,1-2H3/t16-,18-,19?,20-,21-,35?/m1/s1. The van der Waals surface area contributed by atoms with E-state index in [1.54, 1.807) is 24.3 Å². The average molecular weight is 534 g/mol. The molecule has 0 bridgehead atoms. The summed E-state index contributed by atoms with van der Waals surface area (Å²) in [7, 11) is -4.23. The Morgan fingerprint density at radius 1 is 1.37 bits per heavy atom. The van der Waals surface area contributed by atoms with E-state index >= 15 is 4.39 Å². The summed E-state index contributed by atoms with van der Waals surface area (Å²) >= 11 is 5.98. The summed E-state index contributed by atoms with van der Waals surface area (Å²) in [6, 6.07) is 6.46. The van der Waals surface area contributed by atoms with Crippen LogP contribution >= 0.6 is 19.4 Å². The molecule has 35 heavy (non-hydrogen) atoms. The minimum Gasteiger partial charge on any atom is -0.456 e. The SMILES string of the molecule is CC(=O)O[C@@H]1[C@@H](COP2(=O)OCOC(c3cccc(Cl)c3)O2)O[C@@H](N2C=CC(=O)CC2=O)[C@]1(C)F. The van der Waals surface area contributed by atoms with Gasteiger partial charge < -0.3 is 14.2 Å². The highest BCUT2D eigenvalue weighted by Crippen LogP contribution is 2.56. The molecule has 0 radical (unpaired) electrons. The van der Waals surface area contributed by atoms with Crippen LogP contribution in [0.25, 0.3) is 0 Å². The van der Waals surface area contributed by atoms with Gasteiger partial charge in [0.15, 0.2) is 36.9 Å². The number of esters is 1. The van der Waals surface area contributed by atoms with Gasteiger partial charge in [-0.25, -0.2) is 8.96 Å². The van der Waals surface area contributed by atoms with Crippen LogP contribution in [0.2, 0.25) is 5.02 Å². The van der Waals surface area contributed by atoms with Crippen molar-refractivity contribution in [3.05, 3.63) is 47.1 Å². The molecule has 0 saturated carbocycles. The summed E-state index contributed by atoms with van der Waals surface area (Å²) in [6.45, 7) is 1.14. The molecule has 3 aliphatic heterocycles. The van der Waals surface area contributed by atoms with Gasteiger partial charge in [-0.3, -0.25) is 32.9 Å². The van der Waals surface area contributed by atoms with Gasteiger partial charge in [0.25, 0.3) is 0 Å². The first-order valence-electron chi connectivity index (χ1n) is 10.5. The van der Waals surface area contributed by atoms with E-state index in [1.165, 1.54) is 0 Å². The predicted octanol–water partition coefficient (Wildman–Crippen LogP) is 3.18. The number of allylic oxidation sites excluding steroid dienone is 1. The van der Waals surface area contributed by atoms with Gasteiger partial charge in [0.2, 0.25) is 5.91 Å². The van der Waals surface area contributed by atoms with E-state index in [1.807, 2.05) is 0 Å². The number of nitrogens with zero attached hydrogens (tertiary/aromatic N) is 1. The quantitative estimate of drug-likeness (QED) is 0.305. The number of hydrogen-bond acceptors (Lipinski definition) is 10. The van der Waals surface area contributed by atoms with Crippen LogP contribution in [0.15, 0.2) is 36.5 Å². The Hall–Kier alpha value is -2.18. The third-order valence-corrected chi connectivity index (χ3v) is 7.01. The van der Waals surface area contributed by atoms with Crippen molar-refractivity contribution in [3.8, 4) is 0 Å². The summed E-state index contributed by atoms with van der Waals surface area (Å²) in [5, 5.41) is 0.400. The van der Waals surface area contributed by atoms with Crippen molar-refractivity contribution in [1.29, 1.82) is 0 Å². The normalized spacial score (nSPS) is 35.4. The van der Waals surface area contributed by atoms with E-state index in [4.69, 9.17) is 39.4 Å². The molecule has 3 aliphatic rings. The van der Waals surface area contributed by atoms with Gasteiger partial charge in [0, 0.05) is 23.7 Å². The lowest BCUT2D eigenvalue weighted by atomic mass is 9.97. The van der Waals surface area contributed by atoms with Gasteiger partial charge in [0.05, 0.1) is 13.0 Å². The molecule has 0 aromatic heterocycles. The molecule has 1 amide bonds. The van der Waals surface area contributed by atoms with E-state index in [-0.39, 0.29) is 0 Å². The van der Waals surface area contributed by atoms with Crippen LogP contribution < -0.4 is 0 Å². The largest absolute Gasteiger partial charge is 0.479 e. The van der Waals surface area contributed by atoms with Crippen LogP contribution in [0.3, 0.4) is 0 Å². The topological polar surface area (TPSA) is 127 Å². The van der Waals surface area contributed by atoms with Gasteiger partial charge >= 0.3 is 13.8 Å². The van der Waals surface area contributed by atoms with Crippen molar-refractivity contribution < 1.29 is 51.1 Å². The molecule has 14 heteroatoms. The molecule has 2 unspecified atom stereocenters. The summed E-state index contributed by atoms with van der Waals surface area (Å²) in [4.78, 5) is 36.4. The van der Waals surface area contributed by atoms with Crippen LogP contribution in [0.1, 0.15) is 32.1 Å². The third kappa shape index (κ3) is 5.64. The number of ketones is 1. The number of amides is 1. The van der Waals surface area contributed by atoms with Gasteiger partial charge in [-0.1, -0.05) is 23.7 Å². The molecule has 0 N–H and O–H groups in total. The number of phosphoric acid groups is 1. The molecule has 2 saturated heterocycles. The molecule has 2 fully saturated rings. The first-order valence-corrected chi connectivity index (χ1v) is 12.3. The Morgan fingerprint density at radius 2 is 2.14 bits per heavy atom.